The van der Waals surface area contributed by atoms with Crippen LogP contribution in [0.5, 0.6) is 5.75 Å². The number of ether oxygens (including phenoxy) is 1. The van der Waals surface area contributed by atoms with E-state index in [2.05, 4.69) is 4.90 Å². The summed E-state index contributed by atoms with van der Waals surface area (Å²) in [6.45, 7) is 1.16. The quantitative estimate of drug-likeness (QED) is 0.811. The Labute approximate surface area is 160 Å². The number of halogens is 1. The van der Waals surface area contributed by atoms with Gasteiger partial charge in [0.05, 0.1) is 18.3 Å². The number of aromatic hydroxyl groups is 1. The SMILES string of the molecule is CN(C)CC1CC(OCc2ccc(F)cc2)CCC1(O)c1cccc(O)c1. The Morgan fingerprint density at radius 2 is 1.93 bits per heavy atom. The van der Waals surface area contributed by atoms with Crippen LogP contribution in [0.15, 0.2) is 48.5 Å². The molecule has 0 amide bonds. The van der Waals surface area contributed by atoms with Crippen molar-refractivity contribution >= 4 is 0 Å². The molecule has 0 bridgehead atoms. The van der Waals surface area contributed by atoms with Gasteiger partial charge in [-0.3, -0.25) is 0 Å². The van der Waals surface area contributed by atoms with Crippen LogP contribution in [0.25, 0.3) is 0 Å². The van der Waals surface area contributed by atoms with E-state index in [1.807, 2.05) is 20.2 Å². The Bertz CT molecular complexity index is 749. The van der Waals surface area contributed by atoms with Crippen molar-refractivity contribution in [2.45, 2.75) is 37.6 Å². The number of nitrogens with zero attached hydrogens (tertiary/aromatic N) is 1. The van der Waals surface area contributed by atoms with Crippen LogP contribution in [0.2, 0.25) is 0 Å². The monoisotopic (exact) mass is 373 g/mol. The first-order valence-corrected chi connectivity index (χ1v) is 9.39. The van der Waals surface area contributed by atoms with E-state index in [0.717, 1.165) is 30.5 Å². The molecule has 3 atom stereocenters. The highest BCUT2D eigenvalue weighted by atomic mass is 19.1. The van der Waals surface area contributed by atoms with Crippen LogP contribution in [0, 0.1) is 11.7 Å². The summed E-state index contributed by atoms with van der Waals surface area (Å²) < 4.78 is 19.1. The average Bonchev–Trinajstić information content (AvgIpc) is 2.63. The Morgan fingerprint density at radius 1 is 1.19 bits per heavy atom. The van der Waals surface area contributed by atoms with Gasteiger partial charge in [0, 0.05) is 12.5 Å². The molecule has 2 N–H and O–H groups in total. The van der Waals surface area contributed by atoms with E-state index in [4.69, 9.17) is 4.74 Å². The van der Waals surface area contributed by atoms with E-state index < -0.39 is 5.60 Å². The van der Waals surface area contributed by atoms with Gasteiger partial charge in [0.1, 0.15) is 11.6 Å². The Balaban J connectivity index is 1.71. The fourth-order valence-electron chi connectivity index (χ4n) is 3.98. The number of rotatable bonds is 6. The Hall–Kier alpha value is -1.95. The maximum Gasteiger partial charge on any atom is 0.123 e. The van der Waals surface area contributed by atoms with E-state index in [0.29, 0.717) is 13.0 Å². The molecule has 3 unspecified atom stereocenters. The molecular formula is C22H28FNO3. The van der Waals surface area contributed by atoms with Gasteiger partial charge >= 0.3 is 0 Å². The first kappa shape index (κ1) is 19.8. The van der Waals surface area contributed by atoms with Crippen molar-refractivity contribution in [3.05, 3.63) is 65.5 Å². The first-order chi connectivity index (χ1) is 12.9. The van der Waals surface area contributed by atoms with Gasteiger partial charge < -0.3 is 19.8 Å². The second kappa shape index (κ2) is 8.38. The molecule has 5 heteroatoms. The molecule has 0 radical (unpaired) electrons. The lowest BCUT2D eigenvalue weighted by Gasteiger charge is -2.44. The smallest absolute Gasteiger partial charge is 0.123 e. The van der Waals surface area contributed by atoms with Crippen LogP contribution in [0.4, 0.5) is 4.39 Å². The lowest BCUT2D eigenvalue weighted by Crippen LogP contribution is -2.46. The molecule has 1 aliphatic rings. The summed E-state index contributed by atoms with van der Waals surface area (Å²) in [4.78, 5) is 2.07. The van der Waals surface area contributed by atoms with Crippen LogP contribution in [0.3, 0.4) is 0 Å². The van der Waals surface area contributed by atoms with Crippen molar-refractivity contribution in [3.63, 3.8) is 0 Å². The first-order valence-electron chi connectivity index (χ1n) is 9.39. The van der Waals surface area contributed by atoms with Gasteiger partial charge in [-0.25, -0.2) is 4.39 Å². The summed E-state index contributed by atoms with van der Waals surface area (Å²) in [6, 6.07) is 13.3. The second-order valence-electron chi connectivity index (χ2n) is 7.77. The highest BCUT2D eigenvalue weighted by Gasteiger charge is 2.44. The lowest BCUT2D eigenvalue weighted by molar-refractivity contribution is -0.110. The van der Waals surface area contributed by atoms with Crippen LogP contribution in [0.1, 0.15) is 30.4 Å². The van der Waals surface area contributed by atoms with Crippen molar-refractivity contribution < 1.29 is 19.3 Å². The molecule has 0 saturated heterocycles. The summed E-state index contributed by atoms with van der Waals surface area (Å²) in [7, 11) is 3.98. The molecule has 1 saturated carbocycles. The van der Waals surface area contributed by atoms with Crippen molar-refractivity contribution in [1.82, 2.24) is 4.90 Å². The van der Waals surface area contributed by atoms with Gasteiger partial charge in [0.15, 0.2) is 0 Å². The van der Waals surface area contributed by atoms with E-state index in [1.54, 1.807) is 30.3 Å². The fraction of sp³-hybridized carbons (Fsp3) is 0.455. The number of hydrogen-bond acceptors (Lipinski definition) is 4. The number of aliphatic hydroxyl groups is 1. The average molecular weight is 373 g/mol. The fourth-order valence-corrected chi connectivity index (χ4v) is 3.98. The number of phenols is 1. The molecule has 0 aromatic heterocycles. The van der Waals surface area contributed by atoms with Gasteiger partial charge in [-0.15, -0.1) is 0 Å². The maximum atomic E-state index is 13.0. The minimum Gasteiger partial charge on any atom is -0.508 e. The molecule has 3 rings (SSSR count). The van der Waals surface area contributed by atoms with Crippen molar-refractivity contribution in [1.29, 1.82) is 0 Å². The van der Waals surface area contributed by atoms with Gasteiger partial charge in [-0.1, -0.05) is 24.3 Å². The zero-order valence-corrected chi connectivity index (χ0v) is 15.9. The number of benzene rings is 2. The predicted octanol–water partition coefficient (Wildman–Crippen LogP) is 3.67. The second-order valence-corrected chi connectivity index (χ2v) is 7.77. The van der Waals surface area contributed by atoms with Gasteiger partial charge in [0.2, 0.25) is 0 Å². The standard InChI is InChI=1S/C22H28FNO3/c1-24(2)14-18-13-21(27-15-16-6-8-19(23)9-7-16)10-11-22(18,26)17-4-3-5-20(25)12-17/h3-9,12,18,21,25-26H,10-11,13-15H2,1-2H3. The summed E-state index contributed by atoms with van der Waals surface area (Å²) in [6.07, 6.45) is 2.07. The van der Waals surface area contributed by atoms with Crippen LogP contribution >= 0.6 is 0 Å². The molecule has 27 heavy (non-hydrogen) atoms. The molecule has 1 fully saturated rings. The molecule has 0 aliphatic heterocycles. The molecule has 0 heterocycles. The highest BCUT2D eigenvalue weighted by molar-refractivity contribution is 5.32. The van der Waals surface area contributed by atoms with E-state index >= 15 is 0 Å². The van der Waals surface area contributed by atoms with E-state index in [-0.39, 0.29) is 23.6 Å². The summed E-state index contributed by atoms with van der Waals surface area (Å²) >= 11 is 0. The maximum absolute atomic E-state index is 13.0. The van der Waals surface area contributed by atoms with Crippen molar-refractivity contribution in [3.8, 4) is 5.75 Å². The normalized spacial score (nSPS) is 25.7. The number of hydrogen-bond donors (Lipinski definition) is 2. The van der Waals surface area contributed by atoms with Gasteiger partial charge in [-0.2, -0.15) is 0 Å². The Morgan fingerprint density at radius 3 is 2.59 bits per heavy atom. The molecular weight excluding hydrogens is 345 g/mol. The highest BCUT2D eigenvalue weighted by Crippen LogP contribution is 2.43. The van der Waals surface area contributed by atoms with Crippen molar-refractivity contribution in [2.75, 3.05) is 20.6 Å². The summed E-state index contributed by atoms with van der Waals surface area (Å²) in [5.74, 6) is -0.0980. The number of phenolic OH excluding ortho intramolecular Hbond substituents is 1. The molecule has 2 aromatic rings. The largest absolute Gasteiger partial charge is 0.508 e. The van der Waals surface area contributed by atoms with Crippen LogP contribution in [-0.4, -0.2) is 41.9 Å². The molecule has 4 nitrogen and oxygen atoms in total. The van der Waals surface area contributed by atoms with Crippen LogP contribution in [-0.2, 0) is 16.9 Å². The molecule has 1 aliphatic carbocycles. The van der Waals surface area contributed by atoms with Crippen LogP contribution < -0.4 is 0 Å². The third-order valence-corrected chi connectivity index (χ3v) is 5.40. The molecule has 146 valence electrons. The molecule has 0 spiro atoms. The van der Waals surface area contributed by atoms with E-state index in [9.17, 15) is 14.6 Å². The summed E-state index contributed by atoms with van der Waals surface area (Å²) in [5.41, 5.74) is 0.708. The van der Waals surface area contributed by atoms with Crippen molar-refractivity contribution in [2.24, 2.45) is 5.92 Å². The third kappa shape index (κ3) is 4.86. The Kier molecular flexibility index (Phi) is 6.15. The zero-order valence-electron chi connectivity index (χ0n) is 15.9. The van der Waals surface area contributed by atoms with Gasteiger partial charge in [-0.05, 0) is 68.8 Å². The summed E-state index contributed by atoms with van der Waals surface area (Å²) in [5, 5.41) is 21.3. The van der Waals surface area contributed by atoms with E-state index in [1.165, 1.54) is 12.1 Å². The van der Waals surface area contributed by atoms with Gasteiger partial charge in [0.25, 0.3) is 0 Å². The predicted molar refractivity (Wildman–Crippen MR) is 103 cm³/mol. The molecule has 2 aromatic carbocycles. The minimum atomic E-state index is -0.987. The zero-order chi connectivity index (χ0) is 19.4. The minimum absolute atomic E-state index is 0.0127. The lowest BCUT2D eigenvalue weighted by atomic mass is 9.70. The third-order valence-electron chi connectivity index (χ3n) is 5.40. The topological polar surface area (TPSA) is 52.9 Å².